The van der Waals surface area contributed by atoms with Crippen LogP contribution in [-0.2, 0) is 4.79 Å². The largest absolute Gasteiger partial charge is 0.297 e. The third kappa shape index (κ3) is 2.23. The van der Waals surface area contributed by atoms with Crippen molar-refractivity contribution < 1.29 is 4.79 Å². The minimum absolute atomic E-state index is 0.176. The maximum atomic E-state index is 12.3. The second-order valence-corrected chi connectivity index (χ2v) is 6.78. The van der Waals surface area contributed by atoms with Crippen LogP contribution in [0.1, 0.15) is 33.6 Å². The second-order valence-electron chi connectivity index (χ2n) is 5.70. The van der Waals surface area contributed by atoms with Crippen molar-refractivity contribution in [3.05, 3.63) is 0 Å². The molecule has 2 aliphatic rings. The summed E-state index contributed by atoms with van der Waals surface area (Å²) in [4.78, 5) is 14.7. The molecule has 0 aromatic carbocycles. The van der Waals surface area contributed by atoms with Crippen LogP contribution in [0.15, 0.2) is 0 Å². The summed E-state index contributed by atoms with van der Waals surface area (Å²) in [5, 5.41) is 0. The molecular formula is C12H21NOS. The second kappa shape index (κ2) is 4.10. The zero-order chi connectivity index (χ0) is 11.1. The highest BCUT2D eigenvalue weighted by atomic mass is 32.2. The molecule has 2 aliphatic heterocycles. The van der Waals surface area contributed by atoms with Crippen molar-refractivity contribution in [3.8, 4) is 0 Å². The Morgan fingerprint density at radius 3 is 2.47 bits per heavy atom. The van der Waals surface area contributed by atoms with E-state index in [9.17, 15) is 4.79 Å². The number of hydrogen-bond donors (Lipinski definition) is 0. The lowest BCUT2D eigenvalue weighted by atomic mass is 9.85. The normalized spacial score (nSPS) is 29.1. The number of ketones is 1. The highest BCUT2D eigenvalue weighted by molar-refractivity contribution is 8.00. The van der Waals surface area contributed by atoms with Crippen molar-refractivity contribution in [2.45, 2.75) is 45.7 Å². The molecule has 15 heavy (non-hydrogen) atoms. The molecule has 0 aliphatic carbocycles. The summed E-state index contributed by atoms with van der Waals surface area (Å²) in [5.41, 5.74) is -0.176. The van der Waals surface area contributed by atoms with Crippen LogP contribution in [0.25, 0.3) is 0 Å². The molecule has 2 fully saturated rings. The van der Waals surface area contributed by atoms with Gasteiger partial charge in [0.05, 0.1) is 6.04 Å². The topological polar surface area (TPSA) is 20.3 Å². The lowest BCUT2D eigenvalue weighted by molar-refractivity contribution is -0.131. The molecule has 2 nitrogen and oxygen atoms in total. The van der Waals surface area contributed by atoms with E-state index in [1.165, 1.54) is 17.9 Å². The fourth-order valence-electron chi connectivity index (χ4n) is 2.42. The zero-order valence-corrected chi connectivity index (χ0v) is 10.8. The Kier molecular flexibility index (Phi) is 3.13. The van der Waals surface area contributed by atoms with Crippen molar-refractivity contribution in [2.75, 3.05) is 18.1 Å². The summed E-state index contributed by atoms with van der Waals surface area (Å²) in [7, 11) is 0. The van der Waals surface area contributed by atoms with Gasteiger partial charge in [0.25, 0.3) is 0 Å². The Bertz CT molecular complexity index is 255. The molecule has 0 bridgehead atoms. The van der Waals surface area contributed by atoms with Gasteiger partial charge < -0.3 is 0 Å². The van der Waals surface area contributed by atoms with Crippen LogP contribution >= 0.6 is 11.8 Å². The molecule has 0 saturated carbocycles. The number of hydrogen-bond acceptors (Lipinski definition) is 3. The molecule has 3 heteroatoms. The molecule has 0 spiro atoms. The zero-order valence-electron chi connectivity index (χ0n) is 9.95. The van der Waals surface area contributed by atoms with Gasteiger partial charge in [-0.15, -0.1) is 0 Å². The van der Waals surface area contributed by atoms with Gasteiger partial charge in [-0.05, 0) is 19.4 Å². The van der Waals surface area contributed by atoms with Crippen molar-refractivity contribution >= 4 is 17.5 Å². The molecule has 0 radical (unpaired) electrons. The van der Waals surface area contributed by atoms with Crippen LogP contribution in [0.4, 0.5) is 0 Å². The molecule has 2 saturated heterocycles. The standard InChI is InChI=1S/C12H21NOS/c1-12(2,3)11(14)10-5-4-6-13(10)9-7-15-8-9/h9-10H,4-8H2,1-3H3/t10-/m0/s1. The van der Waals surface area contributed by atoms with Gasteiger partial charge in [-0.2, -0.15) is 11.8 Å². The highest BCUT2D eigenvalue weighted by Crippen LogP contribution is 2.33. The molecule has 2 heterocycles. The molecule has 1 atom stereocenters. The molecule has 86 valence electrons. The number of carbonyl (C=O) groups excluding carboxylic acids is 1. The molecule has 0 N–H and O–H groups in total. The monoisotopic (exact) mass is 227 g/mol. The van der Waals surface area contributed by atoms with Gasteiger partial charge in [0.2, 0.25) is 0 Å². The summed E-state index contributed by atoms with van der Waals surface area (Å²) in [5.74, 6) is 2.90. The molecule has 2 rings (SSSR count). The number of rotatable bonds is 2. The van der Waals surface area contributed by atoms with Gasteiger partial charge in [0.1, 0.15) is 0 Å². The maximum absolute atomic E-state index is 12.3. The van der Waals surface area contributed by atoms with Crippen LogP contribution in [-0.4, -0.2) is 40.8 Å². The first-order chi connectivity index (χ1) is 7.00. The lowest BCUT2D eigenvalue weighted by Gasteiger charge is -2.39. The summed E-state index contributed by atoms with van der Waals surface area (Å²) in [6.45, 7) is 7.27. The molecule has 0 aromatic heterocycles. The predicted molar refractivity (Wildman–Crippen MR) is 65.3 cm³/mol. The van der Waals surface area contributed by atoms with Gasteiger partial charge >= 0.3 is 0 Å². The minimum Gasteiger partial charge on any atom is -0.297 e. The van der Waals surface area contributed by atoms with E-state index in [0.29, 0.717) is 11.8 Å². The number of thioether (sulfide) groups is 1. The quantitative estimate of drug-likeness (QED) is 0.721. The van der Waals surface area contributed by atoms with Crippen molar-refractivity contribution in [1.82, 2.24) is 4.90 Å². The van der Waals surface area contributed by atoms with Crippen molar-refractivity contribution in [2.24, 2.45) is 5.41 Å². The van der Waals surface area contributed by atoms with Gasteiger partial charge in [-0.3, -0.25) is 9.69 Å². The van der Waals surface area contributed by atoms with Gasteiger partial charge in [0, 0.05) is 23.0 Å². The highest BCUT2D eigenvalue weighted by Gasteiger charge is 2.41. The third-order valence-electron chi connectivity index (χ3n) is 3.43. The van der Waals surface area contributed by atoms with E-state index in [1.807, 2.05) is 32.5 Å². The summed E-state index contributed by atoms with van der Waals surface area (Å²) < 4.78 is 0. The smallest absolute Gasteiger partial charge is 0.155 e. The molecule has 0 aromatic rings. The van der Waals surface area contributed by atoms with Crippen LogP contribution in [0, 0.1) is 5.41 Å². The Morgan fingerprint density at radius 1 is 1.33 bits per heavy atom. The van der Waals surface area contributed by atoms with E-state index < -0.39 is 0 Å². The van der Waals surface area contributed by atoms with Crippen molar-refractivity contribution in [3.63, 3.8) is 0 Å². The number of carbonyl (C=O) groups is 1. The van der Waals surface area contributed by atoms with Crippen LogP contribution < -0.4 is 0 Å². The van der Waals surface area contributed by atoms with E-state index in [1.54, 1.807) is 0 Å². The predicted octanol–water partition coefficient (Wildman–Crippen LogP) is 2.18. The first-order valence-corrected chi connectivity index (χ1v) is 7.03. The fraction of sp³-hybridized carbons (Fsp3) is 0.917. The minimum atomic E-state index is -0.176. The van der Waals surface area contributed by atoms with Crippen LogP contribution in [0.5, 0.6) is 0 Å². The van der Waals surface area contributed by atoms with Crippen LogP contribution in [0.2, 0.25) is 0 Å². The maximum Gasteiger partial charge on any atom is 0.155 e. The number of nitrogens with zero attached hydrogens (tertiary/aromatic N) is 1. The average Bonchev–Trinajstić information content (AvgIpc) is 2.46. The lowest BCUT2D eigenvalue weighted by Crippen LogP contribution is -2.51. The van der Waals surface area contributed by atoms with E-state index in [-0.39, 0.29) is 11.5 Å². The third-order valence-corrected chi connectivity index (χ3v) is 4.67. The molecule has 0 unspecified atom stereocenters. The van der Waals surface area contributed by atoms with Crippen molar-refractivity contribution in [1.29, 1.82) is 0 Å². The summed E-state index contributed by atoms with van der Waals surface area (Å²) >= 11 is 2.00. The Balaban J connectivity index is 2.04. The number of likely N-dealkylation sites (tertiary alicyclic amines) is 1. The SMILES string of the molecule is CC(C)(C)C(=O)[C@@H]1CCCN1C1CSC1. The molecular weight excluding hydrogens is 206 g/mol. The van der Waals surface area contributed by atoms with Gasteiger partial charge in [-0.1, -0.05) is 20.8 Å². The van der Waals surface area contributed by atoms with Gasteiger partial charge in [0.15, 0.2) is 5.78 Å². The van der Waals surface area contributed by atoms with E-state index >= 15 is 0 Å². The average molecular weight is 227 g/mol. The summed E-state index contributed by atoms with van der Waals surface area (Å²) in [6.07, 6.45) is 2.28. The Morgan fingerprint density at radius 2 is 2.00 bits per heavy atom. The summed E-state index contributed by atoms with van der Waals surface area (Å²) in [6, 6.07) is 0.907. The Labute approximate surface area is 96.8 Å². The first kappa shape index (κ1) is 11.5. The van der Waals surface area contributed by atoms with Gasteiger partial charge in [-0.25, -0.2) is 0 Å². The first-order valence-electron chi connectivity index (χ1n) is 5.88. The van der Waals surface area contributed by atoms with Crippen LogP contribution in [0.3, 0.4) is 0 Å². The number of Topliss-reactive ketones (excluding diaryl/α,β-unsaturated/α-hetero) is 1. The van der Waals surface area contributed by atoms with E-state index in [2.05, 4.69) is 4.90 Å². The van der Waals surface area contributed by atoms with E-state index in [0.717, 1.165) is 13.0 Å². The Hall–Kier alpha value is -0.0200. The molecule has 0 amide bonds. The van der Waals surface area contributed by atoms with E-state index in [4.69, 9.17) is 0 Å². The fourth-order valence-corrected chi connectivity index (χ4v) is 3.25.